The normalized spacial score (nSPS) is 11.0. The van der Waals surface area contributed by atoms with E-state index >= 15 is 0 Å². The number of methoxy groups -OCH3 is 3. The zero-order valence-electron chi connectivity index (χ0n) is 19.0. The van der Waals surface area contributed by atoms with Crippen LogP contribution in [0.3, 0.4) is 0 Å². The molecule has 2 aromatic carbocycles. The molecular weight excluding hydrogens is 424 g/mol. The number of aromatic amines is 1. The molecule has 0 unspecified atom stereocenters. The van der Waals surface area contributed by atoms with Gasteiger partial charge in [-0.15, -0.1) is 0 Å². The van der Waals surface area contributed by atoms with Crippen LogP contribution in [-0.4, -0.2) is 38.8 Å². The Morgan fingerprint density at radius 2 is 1.85 bits per heavy atom. The molecule has 8 nitrogen and oxygen atoms in total. The molecule has 0 saturated carbocycles. The standard InChI is InChI=1S/C25H26N2O6/c1-14-19(25(29)33-22-11-17(31-3)10-21(32-4)24(14)22)12-23(28)26-8-7-15-13-27-20-9-16(30-2)5-6-18(15)20/h5-6,9-11,13,27H,7-8,12H2,1-4H3,(H,26,28). The van der Waals surface area contributed by atoms with Crippen molar-refractivity contribution < 1.29 is 23.4 Å². The molecule has 0 radical (unpaired) electrons. The van der Waals surface area contributed by atoms with Gasteiger partial charge in [0.1, 0.15) is 22.8 Å². The van der Waals surface area contributed by atoms with E-state index in [4.69, 9.17) is 18.6 Å². The summed E-state index contributed by atoms with van der Waals surface area (Å²) in [6, 6.07) is 9.18. The number of fused-ring (bicyclic) bond motifs is 2. The monoisotopic (exact) mass is 450 g/mol. The van der Waals surface area contributed by atoms with Crippen molar-refractivity contribution in [3.63, 3.8) is 0 Å². The first kappa shape index (κ1) is 22.3. The van der Waals surface area contributed by atoms with Crippen LogP contribution in [0.1, 0.15) is 16.7 Å². The number of ether oxygens (including phenoxy) is 3. The largest absolute Gasteiger partial charge is 0.497 e. The van der Waals surface area contributed by atoms with E-state index in [-0.39, 0.29) is 12.3 Å². The van der Waals surface area contributed by atoms with E-state index in [9.17, 15) is 9.59 Å². The molecule has 2 heterocycles. The molecule has 4 rings (SSSR count). The van der Waals surface area contributed by atoms with Crippen LogP contribution in [0.4, 0.5) is 0 Å². The molecule has 0 bridgehead atoms. The van der Waals surface area contributed by atoms with Gasteiger partial charge in [0.25, 0.3) is 0 Å². The summed E-state index contributed by atoms with van der Waals surface area (Å²) in [7, 11) is 4.69. The highest BCUT2D eigenvalue weighted by molar-refractivity contribution is 5.90. The lowest BCUT2D eigenvalue weighted by molar-refractivity contribution is -0.120. The minimum Gasteiger partial charge on any atom is -0.497 e. The fourth-order valence-electron chi connectivity index (χ4n) is 4.02. The number of nitrogens with one attached hydrogen (secondary N) is 2. The highest BCUT2D eigenvalue weighted by atomic mass is 16.5. The van der Waals surface area contributed by atoms with Gasteiger partial charge in [-0.2, -0.15) is 0 Å². The van der Waals surface area contributed by atoms with Crippen molar-refractivity contribution in [3.05, 3.63) is 63.6 Å². The molecule has 172 valence electrons. The highest BCUT2D eigenvalue weighted by Crippen LogP contribution is 2.33. The van der Waals surface area contributed by atoms with E-state index < -0.39 is 5.63 Å². The second kappa shape index (κ2) is 9.28. The molecular formula is C25H26N2O6. The zero-order valence-corrected chi connectivity index (χ0v) is 19.0. The predicted molar refractivity (Wildman–Crippen MR) is 126 cm³/mol. The first-order valence-electron chi connectivity index (χ1n) is 10.5. The van der Waals surface area contributed by atoms with Gasteiger partial charge in [-0.1, -0.05) is 0 Å². The molecule has 0 spiro atoms. The number of hydrogen-bond donors (Lipinski definition) is 2. The summed E-state index contributed by atoms with van der Waals surface area (Å²) in [5.74, 6) is 1.56. The van der Waals surface area contributed by atoms with Crippen molar-refractivity contribution in [2.24, 2.45) is 0 Å². The average Bonchev–Trinajstić information content (AvgIpc) is 3.22. The third-order valence-corrected chi connectivity index (χ3v) is 5.80. The number of carbonyl (C=O) groups is 1. The Morgan fingerprint density at radius 3 is 2.58 bits per heavy atom. The molecule has 8 heteroatoms. The summed E-state index contributed by atoms with van der Waals surface area (Å²) in [5, 5.41) is 4.63. The SMILES string of the molecule is COc1ccc2c(CCNC(=O)Cc3c(C)c4c(OC)cc(OC)cc4oc3=O)c[nH]c2c1. The lowest BCUT2D eigenvalue weighted by Crippen LogP contribution is -2.29. The van der Waals surface area contributed by atoms with Crippen LogP contribution in [0, 0.1) is 6.92 Å². The van der Waals surface area contributed by atoms with Gasteiger partial charge < -0.3 is 28.9 Å². The molecule has 2 aromatic heterocycles. The second-order valence-electron chi connectivity index (χ2n) is 7.70. The Kier molecular flexibility index (Phi) is 6.26. The summed E-state index contributed by atoms with van der Waals surface area (Å²) in [4.78, 5) is 28.4. The maximum Gasteiger partial charge on any atom is 0.340 e. The third kappa shape index (κ3) is 4.37. The average molecular weight is 450 g/mol. The number of carbonyl (C=O) groups excluding carboxylic acids is 1. The number of hydrogen-bond acceptors (Lipinski definition) is 6. The lowest BCUT2D eigenvalue weighted by atomic mass is 10.0. The van der Waals surface area contributed by atoms with Crippen molar-refractivity contribution in [2.75, 3.05) is 27.9 Å². The Bertz CT molecular complexity index is 1390. The van der Waals surface area contributed by atoms with Crippen molar-refractivity contribution in [1.29, 1.82) is 0 Å². The van der Waals surface area contributed by atoms with Crippen LogP contribution < -0.4 is 25.2 Å². The predicted octanol–water partition coefficient (Wildman–Crippen LogP) is 3.51. The maximum absolute atomic E-state index is 12.6. The number of rotatable bonds is 8. The van der Waals surface area contributed by atoms with Crippen LogP contribution in [0.2, 0.25) is 0 Å². The molecule has 4 aromatic rings. The van der Waals surface area contributed by atoms with Gasteiger partial charge in [0.15, 0.2) is 0 Å². The number of aryl methyl sites for hydroxylation is 1. The first-order chi connectivity index (χ1) is 15.9. The van der Waals surface area contributed by atoms with E-state index in [1.54, 1.807) is 26.2 Å². The van der Waals surface area contributed by atoms with Gasteiger partial charge >= 0.3 is 5.63 Å². The maximum atomic E-state index is 12.6. The number of benzene rings is 2. The van der Waals surface area contributed by atoms with Crippen LogP contribution in [0.5, 0.6) is 17.2 Å². The van der Waals surface area contributed by atoms with Gasteiger partial charge in [0, 0.05) is 41.8 Å². The number of amides is 1. The first-order valence-corrected chi connectivity index (χ1v) is 10.5. The van der Waals surface area contributed by atoms with Crippen molar-refractivity contribution in [2.45, 2.75) is 19.8 Å². The van der Waals surface area contributed by atoms with Crippen LogP contribution >= 0.6 is 0 Å². The van der Waals surface area contributed by atoms with E-state index in [1.807, 2.05) is 24.4 Å². The van der Waals surface area contributed by atoms with E-state index in [0.717, 1.165) is 22.2 Å². The number of aromatic nitrogens is 1. The third-order valence-electron chi connectivity index (χ3n) is 5.80. The van der Waals surface area contributed by atoms with Gasteiger partial charge in [0.2, 0.25) is 5.91 Å². The zero-order chi connectivity index (χ0) is 23.5. The van der Waals surface area contributed by atoms with Crippen molar-refractivity contribution >= 4 is 27.8 Å². The topological polar surface area (TPSA) is 103 Å². The Morgan fingerprint density at radius 1 is 1.06 bits per heavy atom. The fourth-order valence-corrected chi connectivity index (χ4v) is 4.02. The minimum absolute atomic E-state index is 0.0790. The smallest absolute Gasteiger partial charge is 0.340 e. The molecule has 0 aliphatic rings. The van der Waals surface area contributed by atoms with Crippen LogP contribution in [0.15, 0.2) is 45.7 Å². The molecule has 33 heavy (non-hydrogen) atoms. The minimum atomic E-state index is -0.545. The quantitative estimate of drug-likeness (QED) is 0.398. The summed E-state index contributed by atoms with van der Waals surface area (Å²) in [6.45, 7) is 2.23. The second-order valence-corrected chi connectivity index (χ2v) is 7.70. The molecule has 0 aliphatic carbocycles. The molecule has 0 aliphatic heterocycles. The Hall–Kier alpha value is -3.94. The molecule has 1 amide bonds. The fraction of sp³-hybridized carbons (Fsp3) is 0.280. The molecule has 0 fully saturated rings. The highest BCUT2D eigenvalue weighted by Gasteiger charge is 2.18. The Balaban J connectivity index is 1.48. The van der Waals surface area contributed by atoms with Crippen molar-refractivity contribution in [1.82, 2.24) is 10.3 Å². The summed E-state index contributed by atoms with van der Waals surface area (Å²) < 4.78 is 21.4. The Labute approximate surface area is 190 Å². The number of H-pyrrole nitrogens is 1. The summed E-state index contributed by atoms with van der Waals surface area (Å²) >= 11 is 0. The molecule has 0 atom stereocenters. The van der Waals surface area contributed by atoms with E-state index in [2.05, 4.69) is 10.3 Å². The van der Waals surface area contributed by atoms with Crippen LogP contribution in [-0.2, 0) is 17.6 Å². The van der Waals surface area contributed by atoms with Gasteiger partial charge in [-0.25, -0.2) is 4.79 Å². The van der Waals surface area contributed by atoms with E-state index in [0.29, 0.717) is 46.6 Å². The van der Waals surface area contributed by atoms with Crippen molar-refractivity contribution in [3.8, 4) is 17.2 Å². The van der Waals surface area contributed by atoms with Gasteiger partial charge in [-0.05, 0) is 36.6 Å². The van der Waals surface area contributed by atoms with Crippen LogP contribution in [0.25, 0.3) is 21.9 Å². The lowest BCUT2D eigenvalue weighted by Gasteiger charge is -2.12. The van der Waals surface area contributed by atoms with E-state index in [1.165, 1.54) is 14.2 Å². The summed E-state index contributed by atoms with van der Waals surface area (Å²) in [5.41, 5.74) is 2.84. The van der Waals surface area contributed by atoms with Gasteiger partial charge in [-0.3, -0.25) is 4.79 Å². The molecule has 0 saturated heterocycles. The summed E-state index contributed by atoms with van der Waals surface area (Å²) in [6.07, 6.45) is 2.50. The molecule has 2 N–H and O–H groups in total. The van der Waals surface area contributed by atoms with Gasteiger partial charge in [0.05, 0.1) is 38.7 Å².